The summed E-state index contributed by atoms with van der Waals surface area (Å²) in [5.41, 5.74) is 1.22. The van der Waals surface area contributed by atoms with E-state index in [-0.39, 0.29) is 24.0 Å². The van der Waals surface area contributed by atoms with Crippen LogP contribution in [0.4, 0.5) is 10.1 Å². The van der Waals surface area contributed by atoms with Crippen molar-refractivity contribution in [3.05, 3.63) is 95.2 Å². The van der Waals surface area contributed by atoms with Crippen LogP contribution in [0.1, 0.15) is 11.7 Å². The molecule has 186 valence electrons. The molecule has 0 saturated heterocycles. The van der Waals surface area contributed by atoms with Crippen molar-refractivity contribution in [2.45, 2.75) is 19.5 Å². The number of halogens is 1. The smallest absolute Gasteiger partial charge is 0.278 e. The highest BCUT2D eigenvalue weighted by molar-refractivity contribution is 6.13. The van der Waals surface area contributed by atoms with Crippen LogP contribution in [0, 0.1) is 5.82 Å². The predicted octanol–water partition coefficient (Wildman–Crippen LogP) is 4.04. The summed E-state index contributed by atoms with van der Waals surface area (Å²) < 4.78 is 16.4. The molecule has 0 bridgehead atoms. The van der Waals surface area contributed by atoms with Gasteiger partial charge in [-0.1, -0.05) is 36.4 Å². The number of fused-ring (bicyclic) bond motifs is 3. The third-order valence-corrected chi connectivity index (χ3v) is 6.36. The number of hydrogen-bond donors (Lipinski definition) is 2. The van der Waals surface area contributed by atoms with Gasteiger partial charge in [-0.2, -0.15) is 0 Å². The maximum Gasteiger partial charge on any atom is 0.278 e. The van der Waals surface area contributed by atoms with Crippen molar-refractivity contribution in [1.82, 2.24) is 19.4 Å². The van der Waals surface area contributed by atoms with Crippen LogP contribution in [-0.2, 0) is 11.3 Å². The number of amides is 1. The Morgan fingerprint density at radius 1 is 0.946 bits per heavy atom. The molecule has 0 fully saturated rings. The van der Waals surface area contributed by atoms with Crippen molar-refractivity contribution in [2.75, 3.05) is 12.4 Å². The normalized spacial score (nSPS) is 12.1. The lowest BCUT2D eigenvalue weighted by Gasteiger charge is -2.16. The van der Waals surface area contributed by atoms with E-state index < -0.39 is 23.3 Å². The maximum absolute atomic E-state index is 13.8. The van der Waals surface area contributed by atoms with E-state index in [0.29, 0.717) is 16.6 Å². The van der Waals surface area contributed by atoms with Gasteiger partial charge in [0.05, 0.1) is 23.3 Å². The molecule has 5 rings (SSSR count). The minimum Gasteiger partial charge on any atom is -0.319 e. The Kier molecular flexibility index (Phi) is 6.37. The fraction of sp³-hybridized carbons (Fsp3) is 0.143. The van der Waals surface area contributed by atoms with Crippen LogP contribution in [-0.4, -0.2) is 39.0 Å². The number of hydrogen-bond acceptors (Lipinski definition) is 5. The highest BCUT2D eigenvalue weighted by Crippen LogP contribution is 2.29. The Morgan fingerprint density at radius 2 is 1.54 bits per heavy atom. The molecular formula is C28H24FN5O3. The molecule has 3 aromatic carbocycles. The van der Waals surface area contributed by atoms with E-state index >= 15 is 0 Å². The molecule has 1 amide bonds. The Bertz CT molecular complexity index is 1650. The average molecular weight is 498 g/mol. The quantitative estimate of drug-likeness (QED) is 0.369. The van der Waals surface area contributed by atoms with Crippen molar-refractivity contribution >= 4 is 39.3 Å². The molecule has 0 aliphatic rings. The number of anilines is 1. The fourth-order valence-electron chi connectivity index (χ4n) is 4.32. The van der Waals surface area contributed by atoms with Crippen molar-refractivity contribution in [3.8, 4) is 11.4 Å². The van der Waals surface area contributed by atoms with Crippen LogP contribution in [0.15, 0.2) is 83.8 Å². The van der Waals surface area contributed by atoms with Gasteiger partial charge in [-0.05, 0) is 50.4 Å². The van der Waals surface area contributed by atoms with E-state index in [2.05, 4.69) is 15.6 Å². The lowest BCUT2D eigenvalue weighted by Crippen LogP contribution is -2.38. The molecule has 1 atom stereocenters. The molecule has 0 saturated carbocycles. The largest absolute Gasteiger partial charge is 0.319 e. The SMILES string of the molecule is CN[C@@H](C)C(=O)Nc1cnc(-c2ccc(F)cc2)n(CC(=O)n2c3ccccc3c3ccccc32)c1=O. The molecular weight excluding hydrogens is 473 g/mol. The van der Waals surface area contributed by atoms with Gasteiger partial charge in [0.1, 0.15) is 23.9 Å². The third kappa shape index (κ3) is 4.41. The summed E-state index contributed by atoms with van der Waals surface area (Å²) in [4.78, 5) is 44.2. The predicted molar refractivity (Wildman–Crippen MR) is 141 cm³/mol. The number of benzene rings is 3. The van der Waals surface area contributed by atoms with E-state index in [4.69, 9.17) is 0 Å². The van der Waals surface area contributed by atoms with Crippen LogP contribution in [0.2, 0.25) is 0 Å². The molecule has 37 heavy (non-hydrogen) atoms. The van der Waals surface area contributed by atoms with Crippen molar-refractivity contribution < 1.29 is 14.0 Å². The van der Waals surface area contributed by atoms with Gasteiger partial charge in [0.25, 0.3) is 11.5 Å². The summed E-state index contributed by atoms with van der Waals surface area (Å²) in [5.74, 6) is -1.05. The monoisotopic (exact) mass is 497 g/mol. The second-order valence-electron chi connectivity index (χ2n) is 8.66. The number of rotatable bonds is 6. The second kappa shape index (κ2) is 9.79. The van der Waals surface area contributed by atoms with Gasteiger partial charge in [-0.25, -0.2) is 9.37 Å². The third-order valence-electron chi connectivity index (χ3n) is 6.36. The first-order chi connectivity index (χ1) is 17.9. The Balaban J connectivity index is 1.64. The molecule has 9 heteroatoms. The highest BCUT2D eigenvalue weighted by atomic mass is 19.1. The van der Waals surface area contributed by atoms with E-state index in [1.54, 1.807) is 18.5 Å². The summed E-state index contributed by atoms with van der Waals surface area (Å²) in [6.07, 6.45) is 1.25. The molecule has 2 aromatic heterocycles. The maximum atomic E-state index is 13.8. The van der Waals surface area contributed by atoms with Gasteiger partial charge in [-0.15, -0.1) is 0 Å². The van der Waals surface area contributed by atoms with Gasteiger partial charge < -0.3 is 10.6 Å². The number of nitrogens with zero attached hydrogens (tertiary/aromatic N) is 3. The Morgan fingerprint density at radius 3 is 2.14 bits per heavy atom. The first-order valence-corrected chi connectivity index (χ1v) is 11.7. The lowest BCUT2D eigenvalue weighted by molar-refractivity contribution is -0.117. The topological polar surface area (TPSA) is 98.0 Å². The molecule has 8 nitrogen and oxygen atoms in total. The summed E-state index contributed by atoms with van der Waals surface area (Å²) in [5, 5.41) is 7.22. The highest BCUT2D eigenvalue weighted by Gasteiger charge is 2.21. The van der Waals surface area contributed by atoms with Crippen LogP contribution < -0.4 is 16.2 Å². The summed E-state index contributed by atoms with van der Waals surface area (Å²) in [6, 6.07) is 20.0. The van der Waals surface area contributed by atoms with E-state index in [0.717, 1.165) is 10.8 Å². The Labute approximate surface area is 211 Å². The van der Waals surface area contributed by atoms with E-state index in [1.165, 1.54) is 35.0 Å². The molecule has 0 spiro atoms. The number of carbonyl (C=O) groups is 2. The zero-order chi connectivity index (χ0) is 26.1. The summed E-state index contributed by atoms with van der Waals surface area (Å²) >= 11 is 0. The average Bonchev–Trinajstić information content (AvgIpc) is 3.25. The molecule has 0 aliphatic carbocycles. The van der Waals surface area contributed by atoms with Crippen molar-refractivity contribution in [1.29, 1.82) is 0 Å². The molecule has 0 radical (unpaired) electrons. The zero-order valence-corrected chi connectivity index (χ0v) is 20.2. The van der Waals surface area contributed by atoms with Gasteiger partial charge in [0.2, 0.25) is 5.91 Å². The van der Waals surface area contributed by atoms with Crippen molar-refractivity contribution in [3.63, 3.8) is 0 Å². The van der Waals surface area contributed by atoms with Gasteiger partial charge in [-0.3, -0.25) is 23.5 Å². The lowest BCUT2D eigenvalue weighted by atomic mass is 10.2. The minimum atomic E-state index is -0.597. The van der Waals surface area contributed by atoms with Crippen molar-refractivity contribution in [2.24, 2.45) is 0 Å². The van der Waals surface area contributed by atoms with Crippen LogP contribution in [0.5, 0.6) is 0 Å². The first-order valence-electron chi connectivity index (χ1n) is 11.7. The molecule has 2 heterocycles. The van der Waals surface area contributed by atoms with Crippen LogP contribution >= 0.6 is 0 Å². The number of para-hydroxylation sites is 2. The van der Waals surface area contributed by atoms with E-state index in [1.807, 2.05) is 48.5 Å². The summed E-state index contributed by atoms with van der Waals surface area (Å²) in [7, 11) is 1.63. The van der Waals surface area contributed by atoms with Crippen LogP contribution in [0.3, 0.4) is 0 Å². The molecule has 0 unspecified atom stereocenters. The number of likely N-dealkylation sites (N-methyl/N-ethyl adjacent to an activating group) is 1. The molecule has 0 aliphatic heterocycles. The summed E-state index contributed by atoms with van der Waals surface area (Å²) in [6.45, 7) is 1.30. The zero-order valence-electron chi connectivity index (χ0n) is 20.2. The number of carbonyl (C=O) groups excluding carboxylic acids is 2. The first kappa shape index (κ1) is 24.1. The standard InChI is InChI=1S/C28H24FN5O3/c1-17(30-2)27(36)32-22-15-31-26(18-11-13-19(29)14-12-18)33(28(22)37)16-25(35)34-23-9-5-3-7-20(23)21-8-4-6-10-24(21)34/h3-15,17,30H,16H2,1-2H3,(H,32,36)/t17-/m0/s1. The molecule has 5 aromatic rings. The van der Waals surface area contributed by atoms with Gasteiger partial charge in [0.15, 0.2) is 0 Å². The Hall–Kier alpha value is -4.63. The van der Waals surface area contributed by atoms with Gasteiger partial charge >= 0.3 is 0 Å². The van der Waals surface area contributed by atoms with Crippen LogP contribution in [0.25, 0.3) is 33.2 Å². The number of aromatic nitrogens is 3. The second-order valence-corrected chi connectivity index (χ2v) is 8.66. The molecule has 2 N–H and O–H groups in total. The van der Waals surface area contributed by atoms with E-state index in [9.17, 15) is 18.8 Å². The minimum absolute atomic E-state index is 0.0621. The number of nitrogens with one attached hydrogen (secondary N) is 2. The van der Waals surface area contributed by atoms with Gasteiger partial charge in [0, 0.05) is 16.3 Å². The fourth-order valence-corrected chi connectivity index (χ4v) is 4.32.